The van der Waals surface area contributed by atoms with Crippen LogP contribution in [0.5, 0.6) is 0 Å². The quantitative estimate of drug-likeness (QED) is 0.918. The van der Waals surface area contributed by atoms with E-state index in [9.17, 15) is 4.79 Å². The molecule has 5 nitrogen and oxygen atoms in total. The van der Waals surface area contributed by atoms with Gasteiger partial charge in [-0.2, -0.15) is 0 Å². The van der Waals surface area contributed by atoms with Gasteiger partial charge in [-0.1, -0.05) is 18.6 Å². The molecule has 0 saturated carbocycles. The fourth-order valence-electron chi connectivity index (χ4n) is 3.89. The first-order chi connectivity index (χ1) is 12.2. The highest BCUT2D eigenvalue weighted by Gasteiger charge is 2.37. The SMILES string of the molecule is C[C@@H]1CCCCN1C1CN(C(=O)Nc2cccc(-c3ccco3)c2)C1. The van der Waals surface area contributed by atoms with E-state index >= 15 is 0 Å². The first-order valence-electron chi connectivity index (χ1n) is 9.16. The second-order valence-electron chi connectivity index (χ2n) is 7.13. The van der Waals surface area contributed by atoms with Crippen molar-refractivity contribution in [3.05, 3.63) is 42.7 Å². The van der Waals surface area contributed by atoms with Crippen LogP contribution in [0, 0.1) is 0 Å². The maximum atomic E-state index is 12.5. The molecule has 3 heterocycles. The van der Waals surface area contributed by atoms with Gasteiger partial charge in [0.2, 0.25) is 0 Å². The Labute approximate surface area is 148 Å². The number of piperidine rings is 1. The number of carbonyl (C=O) groups is 1. The average Bonchev–Trinajstić information content (AvgIpc) is 3.10. The molecule has 0 spiro atoms. The summed E-state index contributed by atoms with van der Waals surface area (Å²) in [5, 5.41) is 3.01. The van der Waals surface area contributed by atoms with E-state index in [4.69, 9.17) is 4.42 Å². The maximum Gasteiger partial charge on any atom is 0.321 e. The van der Waals surface area contributed by atoms with Gasteiger partial charge in [0.15, 0.2) is 0 Å². The molecule has 0 radical (unpaired) electrons. The van der Waals surface area contributed by atoms with E-state index in [-0.39, 0.29) is 6.03 Å². The van der Waals surface area contributed by atoms with Gasteiger partial charge in [0.25, 0.3) is 0 Å². The van der Waals surface area contributed by atoms with Crippen LogP contribution in [0.2, 0.25) is 0 Å². The Morgan fingerprint density at radius 1 is 1.20 bits per heavy atom. The minimum atomic E-state index is -0.0162. The Morgan fingerprint density at radius 3 is 2.84 bits per heavy atom. The zero-order valence-electron chi connectivity index (χ0n) is 14.6. The van der Waals surface area contributed by atoms with Crippen LogP contribution in [0.1, 0.15) is 26.2 Å². The Bertz CT molecular complexity index is 722. The van der Waals surface area contributed by atoms with E-state index in [0.717, 1.165) is 30.1 Å². The van der Waals surface area contributed by atoms with Crippen LogP contribution in [0.15, 0.2) is 47.1 Å². The van der Waals surface area contributed by atoms with E-state index in [0.29, 0.717) is 12.1 Å². The number of rotatable bonds is 3. The lowest BCUT2D eigenvalue weighted by molar-refractivity contribution is 0.0199. The molecule has 2 aliphatic heterocycles. The summed E-state index contributed by atoms with van der Waals surface area (Å²) < 4.78 is 5.42. The van der Waals surface area contributed by atoms with E-state index in [2.05, 4.69) is 17.1 Å². The lowest BCUT2D eigenvalue weighted by Crippen LogP contribution is -2.64. The summed E-state index contributed by atoms with van der Waals surface area (Å²) in [6.45, 7) is 5.14. The van der Waals surface area contributed by atoms with E-state index in [1.54, 1.807) is 6.26 Å². The molecule has 2 fully saturated rings. The van der Waals surface area contributed by atoms with Gasteiger partial charge in [-0.3, -0.25) is 4.90 Å². The van der Waals surface area contributed by atoms with Crippen LogP contribution < -0.4 is 5.32 Å². The number of urea groups is 1. The lowest BCUT2D eigenvalue weighted by atomic mass is 9.98. The monoisotopic (exact) mass is 339 g/mol. The van der Waals surface area contributed by atoms with Crippen LogP contribution in [-0.2, 0) is 0 Å². The van der Waals surface area contributed by atoms with Gasteiger partial charge in [0.1, 0.15) is 5.76 Å². The highest BCUT2D eigenvalue weighted by Crippen LogP contribution is 2.26. The minimum Gasteiger partial charge on any atom is -0.464 e. The third-order valence-electron chi connectivity index (χ3n) is 5.39. The van der Waals surface area contributed by atoms with Crippen molar-refractivity contribution in [3.8, 4) is 11.3 Å². The number of carbonyl (C=O) groups excluding carboxylic acids is 1. The number of furan rings is 1. The number of nitrogens with zero attached hydrogens (tertiary/aromatic N) is 2. The summed E-state index contributed by atoms with van der Waals surface area (Å²) in [4.78, 5) is 16.9. The second kappa shape index (κ2) is 6.92. The van der Waals surface area contributed by atoms with Crippen LogP contribution in [0.3, 0.4) is 0 Å². The number of anilines is 1. The topological polar surface area (TPSA) is 48.7 Å². The molecule has 1 aromatic carbocycles. The molecule has 0 aliphatic carbocycles. The van der Waals surface area contributed by atoms with Gasteiger partial charge in [-0.05, 0) is 50.6 Å². The number of hydrogen-bond donors (Lipinski definition) is 1. The van der Waals surface area contributed by atoms with Crippen LogP contribution in [0.25, 0.3) is 11.3 Å². The molecule has 0 unspecified atom stereocenters. The van der Waals surface area contributed by atoms with Crippen molar-refractivity contribution in [1.82, 2.24) is 9.80 Å². The lowest BCUT2D eigenvalue weighted by Gasteiger charge is -2.49. The molecule has 4 rings (SSSR count). The van der Waals surface area contributed by atoms with Gasteiger partial charge < -0.3 is 14.6 Å². The summed E-state index contributed by atoms with van der Waals surface area (Å²) >= 11 is 0. The standard InChI is InChI=1S/C20H25N3O2/c1-15-6-2-3-10-23(15)18-13-22(14-18)20(24)21-17-8-4-7-16(12-17)19-9-5-11-25-19/h4-5,7-9,11-12,15,18H,2-3,6,10,13-14H2,1H3,(H,21,24)/t15-/m1/s1. The number of likely N-dealkylation sites (tertiary alicyclic amines) is 2. The molecule has 1 atom stereocenters. The molecule has 2 amide bonds. The van der Waals surface area contributed by atoms with E-state index in [1.807, 2.05) is 41.3 Å². The third kappa shape index (κ3) is 3.42. The largest absolute Gasteiger partial charge is 0.464 e. The number of hydrogen-bond acceptors (Lipinski definition) is 3. The highest BCUT2D eigenvalue weighted by atomic mass is 16.3. The first kappa shape index (κ1) is 16.2. The zero-order chi connectivity index (χ0) is 17.2. The fourth-order valence-corrected chi connectivity index (χ4v) is 3.89. The molecule has 0 bridgehead atoms. The molecule has 5 heteroatoms. The maximum absolute atomic E-state index is 12.5. The molecule has 1 N–H and O–H groups in total. The Balaban J connectivity index is 1.34. The average molecular weight is 339 g/mol. The molecule has 132 valence electrons. The molecular weight excluding hydrogens is 314 g/mol. The fraction of sp³-hybridized carbons (Fsp3) is 0.450. The number of benzene rings is 1. The van der Waals surface area contributed by atoms with E-state index < -0.39 is 0 Å². The number of amides is 2. The molecule has 2 aromatic rings. The summed E-state index contributed by atoms with van der Waals surface area (Å²) in [6, 6.07) is 12.7. The van der Waals surface area contributed by atoms with Crippen molar-refractivity contribution < 1.29 is 9.21 Å². The summed E-state index contributed by atoms with van der Waals surface area (Å²) in [6.07, 6.45) is 5.55. The number of nitrogens with one attached hydrogen (secondary N) is 1. The van der Waals surface area contributed by atoms with Crippen molar-refractivity contribution >= 4 is 11.7 Å². The van der Waals surface area contributed by atoms with Crippen molar-refractivity contribution in [3.63, 3.8) is 0 Å². The Hall–Kier alpha value is -2.27. The van der Waals surface area contributed by atoms with Crippen molar-refractivity contribution in [2.24, 2.45) is 0 Å². The summed E-state index contributed by atoms with van der Waals surface area (Å²) in [5.74, 6) is 0.805. The van der Waals surface area contributed by atoms with Crippen LogP contribution in [0.4, 0.5) is 10.5 Å². The molecule has 2 saturated heterocycles. The van der Waals surface area contributed by atoms with Crippen molar-refractivity contribution in [1.29, 1.82) is 0 Å². The molecular formula is C20H25N3O2. The van der Waals surface area contributed by atoms with Gasteiger partial charge in [-0.15, -0.1) is 0 Å². The predicted octanol–water partition coefficient (Wildman–Crippen LogP) is 4.04. The zero-order valence-corrected chi connectivity index (χ0v) is 14.6. The highest BCUT2D eigenvalue weighted by molar-refractivity contribution is 5.90. The molecule has 2 aliphatic rings. The van der Waals surface area contributed by atoms with Gasteiger partial charge in [0, 0.05) is 36.4 Å². The van der Waals surface area contributed by atoms with Crippen LogP contribution >= 0.6 is 0 Å². The second-order valence-corrected chi connectivity index (χ2v) is 7.13. The minimum absolute atomic E-state index is 0.0162. The van der Waals surface area contributed by atoms with Gasteiger partial charge >= 0.3 is 6.03 Å². The van der Waals surface area contributed by atoms with Crippen molar-refractivity contribution in [2.45, 2.75) is 38.3 Å². The Kier molecular flexibility index (Phi) is 4.49. The van der Waals surface area contributed by atoms with Crippen molar-refractivity contribution in [2.75, 3.05) is 25.0 Å². The molecule has 1 aromatic heterocycles. The summed E-state index contributed by atoms with van der Waals surface area (Å²) in [5.41, 5.74) is 1.76. The smallest absolute Gasteiger partial charge is 0.321 e. The summed E-state index contributed by atoms with van der Waals surface area (Å²) in [7, 11) is 0. The normalized spacial score (nSPS) is 21.8. The third-order valence-corrected chi connectivity index (χ3v) is 5.39. The van der Waals surface area contributed by atoms with Gasteiger partial charge in [0.05, 0.1) is 6.26 Å². The van der Waals surface area contributed by atoms with Gasteiger partial charge in [-0.25, -0.2) is 4.79 Å². The molecule has 25 heavy (non-hydrogen) atoms. The van der Waals surface area contributed by atoms with E-state index in [1.165, 1.54) is 25.8 Å². The first-order valence-corrected chi connectivity index (χ1v) is 9.16. The predicted molar refractivity (Wildman–Crippen MR) is 98.5 cm³/mol. The Morgan fingerprint density at radius 2 is 2.08 bits per heavy atom. The van der Waals surface area contributed by atoms with Crippen LogP contribution in [-0.4, -0.2) is 47.5 Å².